The zero-order valence-electron chi connectivity index (χ0n) is 15.0. The molecule has 2 aromatic rings. The molecule has 0 fully saturated rings. The van der Waals surface area contributed by atoms with Gasteiger partial charge in [0.15, 0.2) is 23.1 Å². The average molecular weight is 374 g/mol. The molecule has 0 aromatic heterocycles. The normalized spacial score (nSPS) is 11.8. The van der Waals surface area contributed by atoms with E-state index >= 15 is 0 Å². The highest BCUT2D eigenvalue weighted by Crippen LogP contribution is 2.32. The minimum Gasteiger partial charge on any atom is -0.494 e. The van der Waals surface area contributed by atoms with Crippen LogP contribution in [0.3, 0.4) is 0 Å². The molecule has 0 aliphatic carbocycles. The van der Waals surface area contributed by atoms with Crippen molar-refractivity contribution in [2.24, 2.45) is 0 Å². The van der Waals surface area contributed by atoms with E-state index in [1.54, 1.807) is 31.3 Å². The van der Waals surface area contributed by atoms with Gasteiger partial charge in [-0.1, -0.05) is 6.07 Å². The molecule has 2 amide bonds. The Kier molecular flexibility index (Phi) is 5.44. The van der Waals surface area contributed by atoms with E-state index in [0.29, 0.717) is 22.6 Å². The number of likely N-dealkylation sites (N-methyl/N-ethyl adjacent to an activating group) is 1. The lowest BCUT2D eigenvalue weighted by molar-refractivity contribution is -0.129. The van der Waals surface area contributed by atoms with Crippen molar-refractivity contribution in [2.75, 3.05) is 27.5 Å². The van der Waals surface area contributed by atoms with Crippen LogP contribution in [-0.4, -0.2) is 44.2 Å². The molecule has 1 aliphatic rings. The van der Waals surface area contributed by atoms with Crippen molar-refractivity contribution >= 4 is 11.8 Å². The lowest BCUT2D eigenvalue weighted by Gasteiger charge is -2.18. The molecule has 1 N–H and O–H groups in total. The first-order chi connectivity index (χ1) is 13.0. The second kappa shape index (κ2) is 7.94. The van der Waals surface area contributed by atoms with Crippen LogP contribution < -0.4 is 19.5 Å². The van der Waals surface area contributed by atoms with Gasteiger partial charge in [-0.25, -0.2) is 4.39 Å². The number of fused-ring (bicyclic) bond motifs is 1. The van der Waals surface area contributed by atoms with E-state index in [9.17, 15) is 14.0 Å². The SMILES string of the molecule is COc1ccc(CN(C)C(=O)CNC(=O)c2ccc3c(c2)OCO3)cc1F. The van der Waals surface area contributed by atoms with Gasteiger partial charge in [0.05, 0.1) is 13.7 Å². The fourth-order valence-corrected chi connectivity index (χ4v) is 2.60. The van der Waals surface area contributed by atoms with Crippen LogP contribution in [0.5, 0.6) is 17.2 Å². The molecule has 8 heteroatoms. The summed E-state index contributed by atoms with van der Waals surface area (Å²) >= 11 is 0. The summed E-state index contributed by atoms with van der Waals surface area (Å²) in [6, 6.07) is 9.29. The molecule has 0 bridgehead atoms. The number of hydrogen-bond donors (Lipinski definition) is 1. The molecule has 1 heterocycles. The summed E-state index contributed by atoms with van der Waals surface area (Å²) in [6.07, 6.45) is 0. The van der Waals surface area contributed by atoms with Crippen molar-refractivity contribution in [1.82, 2.24) is 10.2 Å². The number of ether oxygens (including phenoxy) is 3. The number of halogens is 1. The monoisotopic (exact) mass is 374 g/mol. The summed E-state index contributed by atoms with van der Waals surface area (Å²) in [4.78, 5) is 25.8. The van der Waals surface area contributed by atoms with Gasteiger partial charge in [0.2, 0.25) is 12.7 Å². The molecule has 1 aliphatic heterocycles. The second-order valence-electron chi connectivity index (χ2n) is 5.97. The minimum absolute atomic E-state index is 0.121. The van der Waals surface area contributed by atoms with Crippen LogP contribution in [0.1, 0.15) is 15.9 Å². The molecule has 0 atom stereocenters. The van der Waals surface area contributed by atoms with E-state index in [1.807, 2.05) is 0 Å². The first kappa shape index (κ1) is 18.5. The van der Waals surface area contributed by atoms with E-state index in [2.05, 4.69) is 5.32 Å². The Morgan fingerprint density at radius 2 is 1.96 bits per heavy atom. The van der Waals surface area contributed by atoms with Crippen molar-refractivity contribution in [3.05, 3.63) is 53.3 Å². The zero-order chi connectivity index (χ0) is 19.4. The van der Waals surface area contributed by atoms with Crippen molar-refractivity contribution in [3.8, 4) is 17.2 Å². The molecule has 0 radical (unpaired) electrons. The summed E-state index contributed by atoms with van der Waals surface area (Å²) in [5.41, 5.74) is 0.984. The highest BCUT2D eigenvalue weighted by molar-refractivity contribution is 5.97. The summed E-state index contributed by atoms with van der Waals surface area (Å²) < 4.78 is 29.0. The standard InChI is InChI=1S/C19H19FN2O5/c1-22(10-12-3-5-15(25-2)14(20)7-12)18(23)9-21-19(24)13-4-6-16-17(8-13)27-11-26-16/h3-8H,9-11H2,1-2H3,(H,21,24). The molecule has 0 saturated carbocycles. The maximum atomic E-state index is 13.7. The van der Waals surface area contributed by atoms with Crippen LogP contribution in [0, 0.1) is 5.82 Å². The number of carbonyl (C=O) groups is 2. The number of nitrogens with zero attached hydrogens (tertiary/aromatic N) is 1. The van der Waals surface area contributed by atoms with Crippen LogP contribution in [0.15, 0.2) is 36.4 Å². The Morgan fingerprint density at radius 3 is 2.70 bits per heavy atom. The molecule has 0 unspecified atom stereocenters. The predicted octanol–water partition coefficient (Wildman–Crippen LogP) is 1.95. The highest BCUT2D eigenvalue weighted by Gasteiger charge is 2.17. The van der Waals surface area contributed by atoms with Crippen LogP contribution in [0.4, 0.5) is 4.39 Å². The lowest BCUT2D eigenvalue weighted by atomic mass is 10.2. The number of carbonyl (C=O) groups excluding carboxylic acids is 2. The largest absolute Gasteiger partial charge is 0.494 e. The molecule has 142 valence electrons. The Hall–Kier alpha value is -3.29. The Balaban J connectivity index is 1.53. The van der Waals surface area contributed by atoms with Gasteiger partial charge in [-0.05, 0) is 35.9 Å². The van der Waals surface area contributed by atoms with Gasteiger partial charge in [0.25, 0.3) is 5.91 Å². The molecule has 3 rings (SSSR count). The average Bonchev–Trinajstić information content (AvgIpc) is 3.13. The van der Waals surface area contributed by atoms with Crippen LogP contribution in [0.25, 0.3) is 0 Å². The molecule has 0 spiro atoms. The van der Waals surface area contributed by atoms with Crippen molar-refractivity contribution in [2.45, 2.75) is 6.54 Å². The fourth-order valence-electron chi connectivity index (χ4n) is 2.60. The molecule has 27 heavy (non-hydrogen) atoms. The van der Waals surface area contributed by atoms with Gasteiger partial charge in [-0.3, -0.25) is 9.59 Å². The van der Waals surface area contributed by atoms with Gasteiger partial charge in [0, 0.05) is 19.2 Å². The number of methoxy groups -OCH3 is 1. The Morgan fingerprint density at radius 1 is 1.19 bits per heavy atom. The summed E-state index contributed by atoms with van der Waals surface area (Å²) in [5.74, 6) is 0.0169. The van der Waals surface area contributed by atoms with Crippen molar-refractivity contribution in [3.63, 3.8) is 0 Å². The third-order valence-corrected chi connectivity index (χ3v) is 4.10. The van der Waals surface area contributed by atoms with Gasteiger partial charge in [0.1, 0.15) is 0 Å². The van der Waals surface area contributed by atoms with E-state index < -0.39 is 11.7 Å². The summed E-state index contributed by atoms with van der Waals surface area (Å²) in [5, 5.41) is 2.57. The molecule has 0 saturated heterocycles. The number of rotatable bonds is 6. The highest BCUT2D eigenvalue weighted by atomic mass is 19.1. The Labute approximate surface area is 155 Å². The maximum Gasteiger partial charge on any atom is 0.251 e. The van der Waals surface area contributed by atoms with Gasteiger partial charge in [-0.2, -0.15) is 0 Å². The third-order valence-electron chi connectivity index (χ3n) is 4.10. The van der Waals surface area contributed by atoms with E-state index in [4.69, 9.17) is 14.2 Å². The lowest BCUT2D eigenvalue weighted by Crippen LogP contribution is -2.37. The number of nitrogens with one attached hydrogen (secondary N) is 1. The van der Waals surface area contributed by atoms with Gasteiger partial charge < -0.3 is 24.4 Å². The first-order valence-electron chi connectivity index (χ1n) is 8.22. The molecule has 7 nitrogen and oxygen atoms in total. The van der Waals surface area contributed by atoms with E-state index in [0.717, 1.165) is 0 Å². The third kappa shape index (κ3) is 4.28. The minimum atomic E-state index is -0.494. The van der Waals surface area contributed by atoms with Crippen LogP contribution in [-0.2, 0) is 11.3 Å². The summed E-state index contributed by atoms with van der Waals surface area (Å²) in [7, 11) is 2.97. The second-order valence-corrected chi connectivity index (χ2v) is 5.97. The topological polar surface area (TPSA) is 77.1 Å². The fraction of sp³-hybridized carbons (Fsp3) is 0.263. The Bertz CT molecular complexity index is 871. The number of hydrogen-bond acceptors (Lipinski definition) is 5. The quantitative estimate of drug-likeness (QED) is 0.836. The van der Waals surface area contributed by atoms with Gasteiger partial charge in [-0.15, -0.1) is 0 Å². The summed E-state index contributed by atoms with van der Waals surface area (Å²) in [6.45, 7) is 0.150. The number of benzene rings is 2. The smallest absolute Gasteiger partial charge is 0.251 e. The molecule has 2 aromatic carbocycles. The molecular formula is C19H19FN2O5. The van der Waals surface area contributed by atoms with Crippen molar-refractivity contribution in [1.29, 1.82) is 0 Å². The first-order valence-corrected chi connectivity index (χ1v) is 8.22. The van der Waals surface area contributed by atoms with Gasteiger partial charge >= 0.3 is 0 Å². The number of amides is 2. The van der Waals surface area contributed by atoms with Crippen LogP contribution in [0.2, 0.25) is 0 Å². The zero-order valence-corrected chi connectivity index (χ0v) is 15.0. The molecular weight excluding hydrogens is 355 g/mol. The maximum absolute atomic E-state index is 13.7. The van der Waals surface area contributed by atoms with Crippen molar-refractivity contribution < 1.29 is 28.2 Å². The van der Waals surface area contributed by atoms with Crippen LogP contribution >= 0.6 is 0 Å². The van der Waals surface area contributed by atoms with E-state index in [1.165, 1.54) is 24.1 Å². The van der Waals surface area contributed by atoms with E-state index in [-0.39, 0.29) is 31.5 Å². The predicted molar refractivity (Wildman–Crippen MR) is 94.3 cm³/mol.